The van der Waals surface area contributed by atoms with Crippen LogP contribution in [0.3, 0.4) is 0 Å². The molecule has 3 rings (SSSR count). The van der Waals surface area contributed by atoms with E-state index in [1.54, 1.807) is 6.20 Å². The molecule has 2 aromatic rings. The van der Waals surface area contributed by atoms with E-state index in [1.165, 1.54) is 31.2 Å². The zero-order valence-electron chi connectivity index (χ0n) is 14.1. The SMILES string of the molecule is COC(=O)C(N)Cc1cnn(CCc2ccc3c(n2)CCCC3)c1. The van der Waals surface area contributed by atoms with Crippen molar-refractivity contribution in [3.05, 3.63) is 47.0 Å². The van der Waals surface area contributed by atoms with E-state index in [1.807, 2.05) is 10.9 Å². The van der Waals surface area contributed by atoms with E-state index in [0.29, 0.717) is 6.42 Å². The van der Waals surface area contributed by atoms with Crippen LogP contribution >= 0.6 is 0 Å². The van der Waals surface area contributed by atoms with Crippen molar-refractivity contribution in [3.63, 3.8) is 0 Å². The highest BCUT2D eigenvalue weighted by atomic mass is 16.5. The molecule has 0 saturated heterocycles. The number of carbonyl (C=O) groups is 1. The van der Waals surface area contributed by atoms with E-state index in [-0.39, 0.29) is 0 Å². The zero-order chi connectivity index (χ0) is 16.9. The summed E-state index contributed by atoms with van der Waals surface area (Å²) in [7, 11) is 1.34. The number of hydrogen-bond donors (Lipinski definition) is 1. The van der Waals surface area contributed by atoms with Gasteiger partial charge in [0, 0.05) is 37.0 Å². The minimum atomic E-state index is -0.644. The number of fused-ring (bicyclic) bond motifs is 1. The van der Waals surface area contributed by atoms with Crippen LogP contribution in [-0.4, -0.2) is 33.9 Å². The molecule has 1 aliphatic rings. The summed E-state index contributed by atoms with van der Waals surface area (Å²) in [5, 5.41) is 4.34. The van der Waals surface area contributed by atoms with Gasteiger partial charge in [0.25, 0.3) is 0 Å². The van der Waals surface area contributed by atoms with Crippen LogP contribution in [0.5, 0.6) is 0 Å². The van der Waals surface area contributed by atoms with Crippen molar-refractivity contribution in [3.8, 4) is 0 Å². The topological polar surface area (TPSA) is 83.0 Å². The van der Waals surface area contributed by atoms with Crippen molar-refractivity contribution >= 4 is 5.97 Å². The van der Waals surface area contributed by atoms with Crippen LogP contribution < -0.4 is 5.73 Å². The molecular formula is C18H24N4O2. The minimum Gasteiger partial charge on any atom is -0.468 e. The maximum Gasteiger partial charge on any atom is 0.322 e. The van der Waals surface area contributed by atoms with Crippen LogP contribution in [0.1, 0.15) is 35.4 Å². The van der Waals surface area contributed by atoms with Gasteiger partial charge < -0.3 is 10.5 Å². The van der Waals surface area contributed by atoms with Gasteiger partial charge in [0.1, 0.15) is 6.04 Å². The van der Waals surface area contributed by atoms with Crippen molar-refractivity contribution in [2.24, 2.45) is 5.73 Å². The van der Waals surface area contributed by atoms with Crippen molar-refractivity contribution in [2.75, 3.05) is 7.11 Å². The number of rotatable bonds is 6. The molecule has 0 saturated carbocycles. The number of nitrogens with two attached hydrogens (primary N) is 1. The van der Waals surface area contributed by atoms with Crippen molar-refractivity contribution in [1.82, 2.24) is 14.8 Å². The Morgan fingerprint density at radius 3 is 3.04 bits per heavy atom. The zero-order valence-corrected chi connectivity index (χ0v) is 14.1. The first-order valence-electron chi connectivity index (χ1n) is 8.48. The van der Waals surface area contributed by atoms with Gasteiger partial charge in [0.2, 0.25) is 0 Å². The average molecular weight is 328 g/mol. The number of hydrogen-bond acceptors (Lipinski definition) is 5. The Balaban J connectivity index is 1.56. The summed E-state index contributed by atoms with van der Waals surface area (Å²) >= 11 is 0. The standard InChI is InChI=1S/C18H24N4O2/c1-24-18(23)16(19)10-13-11-20-22(12-13)9-8-15-7-6-14-4-2-3-5-17(14)21-15/h6-7,11-12,16H,2-5,8-10,19H2,1H3. The van der Waals surface area contributed by atoms with Gasteiger partial charge in [-0.1, -0.05) is 6.07 Å². The van der Waals surface area contributed by atoms with E-state index in [9.17, 15) is 4.79 Å². The molecule has 1 aliphatic carbocycles. The molecule has 1 atom stereocenters. The number of esters is 1. The third-order valence-corrected chi connectivity index (χ3v) is 4.48. The molecule has 0 spiro atoms. The molecule has 2 N–H and O–H groups in total. The fourth-order valence-corrected chi connectivity index (χ4v) is 3.12. The summed E-state index contributed by atoms with van der Waals surface area (Å²) < 4.78 is 6.52. The van der Waals surface area contributed by atoms with Crippen LogP contribution in [0, 0.1) is 0 Å². The van der Waals surface area contributed by atoms with Crippen molar-refractivity contribution in [1.29, 1.82) is 0 Å². The summed E-state index contributed by atoms with van der Waals surface area (Å²) in [6, 6.07) is 3.71. The Morgan fingerprint density at radius 2 is 2.21 bits per heavy atom. The highest BCUT2D eigenvalue weighted by Crippen LogP contribution is 2.19. The lowest BCUT2D eigenvalue weighted by Crippen LogP contribution is -2.33. The average Bonchev–Trinajstić information content (AvgIpc) is 3.06. The molecule has 6 nitrogen and oxygen atoms in total. The van der Waals surface area contributed by atoms with Gasteiger partial charge in [-0.25, -0.2) is 0 Å². The van der Waals surface area contributed by atoms with Gasteiger partial charge in [-0.05, 0) is 42.9 Å². The number of methoxy groups -OCH3 is 1. The van der Waals surface area contributed by atoms with Gasteiger partial charge in [-0.2, -0.15) is 5.10 Å². The summed E-state index contributed by atoms with van der Waals surface area (Å²) in [6.45, 7) is 0.763. The molecule has 0 bridgehead atoms. The molecule has 0 amide bonds. The van der Waals surface area contributed by atoms with E-state index in [2.05, 4.69) is 22.0 Å². The number of aryl methyl sites for hydroxylation is 4. The molecule has 0 radical (unpaired) electrons. The Hall–Kier alpha value is -2.21. The fourth-order valence-electron chi connectivity index (χ4n) is 3.12. The molecule has 6 heteroatoms. The second-order valence-electron chi connectivity index (χ2n) is 6.31. The second-order valence-corrected chi connectivity index (χ2v) is 6.31. The van der Waals surface area contributed by atoms with E-state index < -0.39 is 12.0 Å². The van der Waals surface area contributed by atoms with Crippen molar-refractivity contribution in [2.45, 2.75) is 51.1 Å². The highest BCUT2D eigenvalue weighted by Gasteiger charge is 2.15. The van der Waals surface area contributed by atoms with Crippen LogP contribution in [0.4, 0.5) is 0 Å². The predicted octanol–water partition coefficient (Wildman–Crippen LogP) is 1.44. The first kappa shape index (κ1) is 16.6. The van der Waals surface area contributed by atoms with Crippen LogP contribution in [0.25, 0.3) is 0 Å². The maximum atomic E-state index is 11.4. The number of aromatic nitrogens is 3. The van der Waals surface area contributed by atoms with Gasteiger partial charge in [-0.3, -0.25) is 14.5 Å². The monoisotopic (exact) mass is 328 g/mol. The molecule has 1 unspecified atom stereocenters. The quantitative estimate of drug-likeness (QED) is 0.811. The van der Waals surface area contributed by atoms with Crippen LogP contribution in [0.15, 0.2) is 24.5 Å². The Labute approximate surface area is 142 Å². The highest BCUT2D eigenvalue weighted by molar-refractivity contribution is 5.75. The minimum absolute atomic E-state index is 0.402. The number of pyridine rings is 1. The largest absolute Gasteiger partial charge is 0.468 e. The Kier molecular flexibility index (Phi) is 5.25. The summed E-state index contributed by atoms with van der Waals surface area (Å²) in [6.07, 6.45) is 9.74. The normalized spacial score (nSPS) is 14.9. The fraction of sp³-hybridized carbons (Fsp3) is 0.500. The van der Waals surface area contributed by atoms with Gasteiger partial charge in [-0.15, -0.1) is 0 Å². The van der Waals surface area contributed by atoms with E-state index in [0.717, 1.165) is 37.1 Å². The molecule has 0 aliphatic heterocycles. The molecule has 2 heterocycles. The third kappa shape index (κ3) is 4.00. The molecule has 128 valence electrons. The van der Waals surface area contributed by atoms with E-state index >= 15 is 0 Å². The molecule has 2 aromatic heterocycles. The van der Waals surface area contributed by atoms with E-state index in [4.69, 9.17) is 10.7 Å². The Morgan fingerprint density at radius 1 is 1.38 bits per heavy atom. The summed E-state index contributed by atoms with van der Waals surface area (Å²) in [4.78, 5) is 16.2. The Bertz CT molecular complexity index is 711. The van der Waals surface area contributed by atoms with Crippen molar-refractivity contribution < 1.29 is 9.53 Å². The van der Waals surface area contributed by atoms with Gasteiger partial charge in [0.15, 0.2) is 0 Å². The molecule has 0 aromatic carbocycles. The summed E-state index contributed by atoms with van der Waals surface area (Å²) in [5.41, 5.74) is 10.5. The number of carbonyl (C=O) groups excluding carboxylic acids is 1. The third-order valence-electron chi connectivity index (χ3n) is 4.48. The lowest BCUT2D eigenvalue weighted by molar-refractivity contribution is -0.142. The summed E-state index contributed by atoms with van der Waals surface area (Å²) in [5.74, 6) is -0.402. The van der Waals surface area contributed by atoms with Gasteiger partial charge in [0.05, 0.1) is 13.3 Å². The molecule has 24 heavy (non-hydrogen) atoms. The predicted molar refractivity (Wildman–Crippen MR) is 90.5 cm³/mol. The lowest BCUT2D eigenvalue weighted by atomic mass is 9.96. The van der Waals surface area contributed by atoms with Crippen LogP contribution in [0.2, 0.25) is 0 Å². The number of nitrogens with zero attached hydrogens (tertiary/aromatic N) is 3. The van der Waals surface area contributed by atoms with Crippen LogP contribution in [-0.2, 0) is 41.8 Å². The lowest BCUT2D eigenvalue weighted by Gasteiger charge is -2.15. The first-order chi connectivity index (χ1) is 11.7. The second kappa shape index (κ2) is 7.57. The number of ether oxygens (including phenoxy) is 1. The molecule has 0 fully saturated rings. The molecular weight excluding hydrogens is 304 g/mol. The van der Waals surface area contributed by atoms with Gasteiger partial charge >= 0.3 is 5.97 Å². The first-order valence-corrected chi connectivity index (χ1v) is 8.48. The smallest absolute Gasteiger partial charge is 0.322 e. The maximum absolute atomic E-state index is 11.4.